The maximum atomic E-state index is 11.8. The number of hydrogen-bond donors (Lipinski definition) is 1. The Morgan fingerprint density at radius 1 is 1.40 bits per heavy atom. The molecule has 0 fully saturated rings. The summed E-state index contributed by atoms with van der Waals surface area (Å²) in [5, 5.41) is 6.34. The van der Waals surface area contributed by atoms with E-state index in [2.05, 4.69) is 10.5 Å². The van der Waals surface area contributed by atoms with Crippen LogP contribution in [0.5, 0.6) is 5.75 Å². The van der Waals surface area contributed by atoms with Gasteiger partial charge in [0.15, 0.2) is 5.82 Å². The molecular formula is C14H17N3O3. The van der Waals surface area contributed by atoms with Gasteiger partial charge in [-0.25, -0.2) is 4.79 Å². The van der Waals surface area contributed by atoms with E-state index in [9.17, 15) is 4.79 Å². The third-order valence-electron chi connectivity index (χ3n) is 2.65. The molecule has 2 aromatic rings. The SMILES string of the molecule is Cc1cc(NC(=O)N(C)CCOc2ccccc2)no1. The minimum atomic E-state index is -0.255. The smallest absolute Gasteiger partial charge is 0.322 e. The number of para-hydroxylation sites is 1. The molecule has 6 heteroatoms. The Kier molecular flexibility index (Phi) is 4.60. The van der Waals surface area contributed by atoms with Gasteiger partial charge in [-0.1, -0.05) is 23.4 Å². The number of aromatic nitrogens is 1. The second kappa shape index (κ2) is 6.60. The van der Waals surface area contributed by atoms with E-state index in [1.54, 1.807) is 20.0 Å². The molecule has 0 spiro atoms. The highest BCUT2D eigenvalue weighted by Crippen LogP contribution is 2.09. The molecule has 6 nitrogen and oxygen atoms in total. The summed E-state index contributed by atoms with van der Waals surface area (Å²) in [4.78, 5) is 13.4. The second-order valence-corrected chi connectivity index (χ2v) is 4.34. The third-order valence-corrected chi connectivity index (χ3v) is 2.65. The van der Waals surface area contributed by atoms with E-state index in [4.69, 9.17) is 9.26 Å². The van der Waals surface area contributed by atoms with Gasteiger partial charge >= 0.3 is 6.03 Å². The largest absolute Gasteiger partial charge is 0.492 e. The Labute approximate surface area is 117 Å². The molecule has 0 aliphatic carbocycles. The number of carbonyl (C=O) groups is 1. The molecule has 0 aliphatic heterocycles. The number of carbonyl (C=O) groups excluding carboxylic acids is 1. The van der Waals surface area contributed by atoms with Crippen LogP contribution in [0.25, 0.3) is 0 Å². The average Bonchev–Trinajstić information content (AvgIpc) is 2.85. The van der Waals surface area contributed by atoms with Crippen molar-refractivity contribution in [1.29, 1.82) is 0 Å². The molecule has 1 heterocycles. The number of amides is 2. The first kappa shape index (κ1) is 13.9. The number of ether oxygens (including phenoxy) is 1. The van der Waals surface area contributed by atoms with Crippen LogP contribution >= 0.6 is 0 Å². The number of nitrogens with one attached hydrogen (secondary N) is 1. The molecule has 2 rings (SSSR count). The van der Waals surface area contributed by atoms with Crippen molar-refractivity contribution in [1.82, 2.24) is 10.1 Å². The summed E-state index contributed by atoms with van der Waals surface area (Å²) in [5.41, 5.74) is 0. The quantitative estimate of drug-likeness (QED) is 0.910. The zero-order valence-electron chi connectivity index (χ0n) is 11.5. The standard InChI is InChI=1S/C14H17N3O3/c1-11-10-13(16-20-11)15-14(18)17(2)8-9-19-12-6-4-3-5-7-12/h3-7,10H,8-9H2,1-2H3,(H,15,16,18). The highest BCUT2D eigenvalue weighted by molar-refractivity contribution is 5.88. The van der Waals surface area contributed by atoms with Gasteiger partial charge in [-0.3, -0.25) is 5.32 Å². The van der Waals surface area contributed by atoms with Crippen LogP contribution in [0.2, 0.25) is 0 Å². The average molecular weight is 275 g/mol. The first-order chi connectivity index (χ1) is 9.65. The zero-order valence-corrected chi connectivity index (χ0v) is 11.5. The molecular weight excluding hydrogens is 258 g/mol. The van der Waals surface area contributed by atoms with Gasteiger partial charge in [0, 0.05) is 13.1 Å². The fourth-order valence-corrected chi connectivity index (χ4v) is 1.55. The van der Waals surface area contributed by atoms with Crippen LogP contribution in [0.4, 0.5) is 10.6 Å². The Hall–Kier alpha value is -2.50. The maximum Gasteiger partial charge on any atom is 0.322 e. The van der Waals surface area contributed by atoms with Crippen molar-refractivity contribution in [3.63, 3.8) is 0 Å². The van der Waals surface area contributed by atoms with Crippen molar-refractivity contribution >= 4 is 11.8 Å². The van der Waals surface area contributed by atoms with Crippen molar-refractivity contribution < 1.29 is 14.1 Å². The molecule has 0 unspecified atom stereocenters. The second-order valence-electron chi connectivity index (χ2n) is 4.34. The number of urea groups is 1. The Morgan fingerprint density at radius 3 is 2.80 bits per heavy atom. The summed E-state index contributed by atoms with van der Waals surface area (Å²) in [5.74, 6) is 1.84. The highest BCUT2D eigenvalue weighted by Gasteiger charge is 2.10. The van der Waals surface area contributed by atoms with Crippen molar-refractivity contribution in [3.05, 3.63) is 42.2 Å². The lowest BCUT2D eigenvalue weighted by molar-refractivity contribution is 0.207. The van der Waals surface area contributed by atoms with E-state index < -0.39 is 0 Å². The summed E-state index contributed by atoms with van der Waals surface area (Å²) in [7, 11) is 1.69. The van der Waals surface area contributed by atoms with Crippen LogP contribution in [0.3, 0.4) is 0 Å². The number of nitrogens with zero attached hydrogens (tertiary/aromatic N) is 2. The van der Waals surface area contributed by atoms with Crippen LogP contribution in [-0.4, -0.2) is 36.3 Å². The monoisotopic (exact) mass is 275 g/mol. The van der Waals surface area contributed by atoms with Crippen LogP contribution < -0.4 is 10.1 Å². The topological polar surface area (TPSA) is 67.6 Å². The lowest BCUT2D eigenvalue weighted by Crippen LogP contribution is -2.34. The van der Waals surface area contributed by atoms with Crippen LogP contribution in [-0.2, 0) is 0 Å². The van der Waals surface area contributed by atoms with E-state index in [1.807, 2.05) is 30.3 Å². The van der Waals surface area contributed by atoms with Crippen LogP contribution in [0.1, 0.15) is 5.76 Å². The molecule has 0 saturated heterocycles. The van der Waals surface area contributed by atoms with Gasteiger partial charge in [0.25, 0.3) is 0 Å². The number of rotatable bonds is 5. The van der Waals surface area contributed by atoms with Crippen molar-refractivity contribution in [2.24, 2.45) is 0 Å². The molecule has 106 valence electrons. The van der Waals surface area contributed by atoms with E-state index in [0.717, 1.165) is 5.75 Å². The lowest BCUT2D eigenvalue weighted by atomic mass is 10.3. The lowest BCUT2D eigenvalue weighted by Gasteiger charge is -2.17. The Morgan fingerprint density at radius 2 is 2.15 bits per heavy atom. The Balaban J connectivity index is 1.74. The molecule has 1 N–H and O–H groups in total. The van der Waals surface area contributed by atoms with Crippen molar-refractivity contribution in [3.8, 4) is 5.75 Å². The van der Waals surface area contributed by atoms with Gasteiger partial charge in [-0.2, -0.15) is 0 Å². The van der Waals surface area contributed by atoms with Crippen molar-refractivity contribution in [2.75, 3.05) is 25.5 Å². The predicted molar refractivity (Wildman–Crippen MR) is 74.8 cm³/mol. The van der Waals surface area contributed by atoms with E-state index in [-0.39, 0.29) is 6.03 Å². The van der Waals surface area contributed by atoms with Gasteiger partial charge < -0.3 is 14.2 Å². The van der Waals surface area contributed by atoms with Gasteiger partial charge in [-0.15, -0.1) is 0 Å². The molecule has 2 amide bonds. The summed E-state index contributed by atoms with van der Waals surface area (Å²) < 4.78 is 10.4. The normalized spacial score (nSPS) is 10.1. The molecule has 1 aromatic carbocycles. The van der Waals surface area contributed by atoms with E-state index >= 15 is 0 Å². The summed E-state index contributed by atoms with van der Waals surface area (Å²) in [6, 6.07) is 10.9. The number of aryl methyl sites for hydroxylation is 1. The molecule has 0 radical (unpaired) electrons. The van der Waals surface area contributed by atoms with E-state index in [0.29, 0.717) is 24.7 Å². The van der Waals surface area contributed by atoms with Crippen molar-refractivity contribution in [2.45, 2.75) is 6.92 Å². The molecule has 1 aromatic heterocycles. The predicted octanol–water partition coefficient (Wildman–Crippen LogP) is 2.53. The van der Waals surface area contributed by atoms with Gasteiger partial charge in [-0.05, 0) is 19.1 Å². The number of likely N-dealkylation sites (N-methyl/N-ethyl adjacent to an activating group) is 1. The van der Waals surface area contributed by atoms with E-state index in [1.165, 1.54) is 4.90 Å². The van der Waals surface area contributed by atoms with Gasteiger partial charge in [0.05, 0.1) is 6.54 Å². The minimum absolute atomic E-state index is 0.255. The minimum Gasteiger partial charge on any atom is -0.492 e. The molecule has 0 aliphatic rings. The maximum absolute atomic E-state index is 11.8. The molecule has 20 heavy (non-hydrogen) atoms. The van der Waals surface area contributed by atoms with Crippen LogP contribution in [0, 0.1) is 6.92 Å². The first-order valence-corrected chi connectivity index (χ1v) is 6.28. The fourth-order valence-electron chi connectivity index (χ4n) is 1.55. The zero-order chi connectivity index (χ0) is 14.4. The molecule has 0 saturated carbocycles. The van der Waals surface area contributed by atoms with Gasteiger partial charge in [0.1, 0.15) is 18.1 Å². The Bertz CT molecular complexity index is 554. The number of benzene rings is 1. The summed E-state index contributed by atoms with van der Waals surface area (Å²) in [6.45, 7) is 2.66. The summed E-state index contributed by atoms with van der Waals surface area (Å²) in [6.07, 6.45) is 0. The molecule has 0 atom stereocenters. The van der Waals surface area contributed by atoms with Crippen LogP contribution in [0.15, 0.2) is 40.9 Å². The number of hydrogen-bond acceptors (Lipinski definition) is 4. The third kappa shape index (κ3) is 4.01. The number of anilines is 1. The first-order valence-electron chi connectivity index (χ1n) is 6.28. The van der Waals surface area contributed by atoms with Gasteiger partial charge in [0.2, 0.25) is 0 Å². The fraction of sp³-hybridized carbons (Fsp3) is 0.286. The summed E-state index contributed by atoms with van der Waals surface area (Å²) >= 11 is 0. The highest BCUT2D eigenvalue weighted by atomic mass is 16.5. The molecule has 0 bridgehead atoms.